The molecule has 0 radical (unpaired) electrons. The van der Waals surface area contributed by atoms with Crippen molar-refractivity contribution in [3.8, 4) is 34.5 Å². The Labute approximate surface area is 377 Å². The van der Waals surface area contributed by atoms with Crippen LogP contribution in [0.15, 0.2) is 116 Å². The maximum Gasteiger partial charge on any atom is 0.336 e. The van der Waals surface area contributed by atoms with Crippen molar-refractivity contribution < 1.29 is 33.3 Å². The van der Waals surface area contributed by atoms with Gasteiger partial charge < -0.3 is 24.8 Å². The zero-order chi connectivity index (χ0) is 44.4. The van der Waals surface area contributed by atoms with E-state index in [1.807, 2.05) is 56.3 Å². The fourth-order valence-corrected chi connectivity index (χ4v) is 9.37. The number of amides is 1. The van der Waals surface area contributed by atoms with Crippen molar-refractivity contribution in [3.05, 3.63) is 144 Å². The van der Waals surface area contributed by atoms with Gasteiger partial charge in [0.15, 0.2) is 11.6 Å². The fourth-order valence-electron chi connectivity index (χ4n) is 9.37. The Morgan fingerprint density at radius 1 is 0.662 bits per heavy atom. The number of aryl methyl sites for hydroxylation is 2. The number of carbonyl (C=O) groups excluding carboxylic acids is 1. The van der Waals surface area contributed by atoms with Gasteiger partial charge in [-0.25, -0.2) is 39.1 Å². The van der Waals surface area contributed by atoms with E-state index in [4.69, 9.17) is 14.6 Å². The van der Waals surface area contributed by atoms with E-state index >= 15 is 0 Å². The molecule has 4 bridgehead atoms. The molecule has 338 valence electrons. The first-order valence-corrected chi connectivity index (χ1v) is 22.1. The summed E-state index contributed by atoms with van der Waals surface area (Å²) in [5.74, 6) is 1.86. The van der Waals surface area contributed by atoms with Crippen LogP contribution >= 0.6 is 0 Å². The van der Waals surface area contributed by atoms with Gasteiger partial charge in [0.2, 0.25) is 11.8 Å². The molecule has 1 amide bonds. The van der Waals surface area contributed by atoms with Crippen molar-refractivity contribution in [2.75, 3.05) is 13.2 Å². The molecule has 15 heteroatoms. The van der Waals surface area contributed by atoms with Crippen LogP contribution in [0.3, 0.4) is 0 Å². The molecule has 2 N–H and O–H groups in total. The van der Waals surface area contributed by atoms with Gasteiger partial charge in [0.25, 0.3) is 5.91 Å². The number of hydrogen-bond donors (Lipinski definition) is 2. The first-order chi connectivity index (χ1) is 31.2. The van der Waals surface area contributed by atoms with Crippen LogP contribution in [0, 0.1) is 31.5 Å². The van der Waals surface area contributed by atoms with Gasteiger partial charge in [0.05, 0.1) is 30.5 Å². The summed E-state index contributed by atoms with van der Waals surface area (Å²) < 4.78 is 24.3. The van der Waals surface area contributed by atoms with Crippen LogP contribution in [0.1, 0.15) is 83.2 Å². The minimum atomic E-state index is -0.967. The highest BCUT2D eigenvalue weighted by atomic mass is 19.1. The van der Waals surface area contributed by atoms with Gasteiger partial charge in [-0.2, -0.15) is 0 Å². The van der Waals surface area contributed by atoms with E-state index < -0.39 is 5.97 Å². The van der Waals surface area contributed by atoms with Crippen molar-refractivity contribution in [1.29, 1.82) is 0 Å². The Hall–Kier alpha value is -6.74. The second-order valence-corrected chi connectivity index (χ2v) is 16.9. The molecule has 0 aliphatic carbocycles. The second kappa shape index (κ2) is 21.8. The Balaban J connectivity index is 0.000000157. The molecular weight excluding hydrogens is 831 g/mol. The standard InChI is InChI=1S/C25H26N4O2.C13H17FN2O.C12H10N2O2.FH/c1-17-6-10-20(24-27-13-4-14-28-24)21(15-17)25(30)29-19-8-7-18(22(29)11-9-19)16-31-23-5-2-3-12-26-23;14-10-2-6-13(15-7-10)17-8-9-1-3-11-4-5-12(9)16-11;1-8-3-4-9(10(7-8)12(15)16)11-13-5-2-6-14-11;/h2-6,10,12-15,18-19,22H,7-9,11,16H2,1H3;2,6-7,9,11-12,16H,1,3-5,8H2;2-7H,1H3,(H,15,16);1H/t18-,19+,22?;9-,11+,12?;;/m00../s1. The Morgan fingerprint density at radius 3 is 1.88 bits per heavy atom. The van der Waals surface area contributed by atoms with Crippen molar-refractivity contribution in [2.24, 2.45) is 11.8 Å². The number of carbonyl (C=O) groups is 2. The van der Waals surface area contributed by atoms with E-state index in [0.717, 1.165) is 48.4 Å². The summed E-state index contributed by atoms with van der Waals surface area (Å²) in [7, 11) is 0. The average molecular weight is 885 g/mol. The number of fused-ring (bicyclic) bond motifs is 4. The number of pyridine rings is 2. The van der Waals surface area contributed by atoms with E-state index in [1.165, 1.54) is 37.9 Å². The summed E-state index contributed by atoms with van der Waals surface area (Å²) in [6.45, 7) is 5.13. The maximum atomic E-state index is 13.8. The van der Waals surface area contributed by atoms with E-state index in [2.05, 4.69) is 40.1 Å². The predicted molar refractivity (Wildman–Crippen MR) is 242 cm³/mol. The third-order valence-corrected chi connectivity index (χ3v) is 12.6. The maximum absolute atomic E-state index is 13.8. The van der Waals surface area contributed by atoms with Gasteiger partial charge in [0, 0.05) is 90.2 Å². The largest absolute Gasteiger partial charge is 0.478 e. The molecule has 6 atom stereocenters. The topological polar surface area (TPSA) is 165 Å². The average Bonchev–Trinajstić information content (AvgIpc) is 3.87. The van der Waals surface area contributed by atoms with Gasteiger partial charge in [-0.05, 0) is 102 Å². The normalized spacial score (nSPS) is 21.4. The number of nitrogens with one attached hydrogen (secondary N) is 1. The molecule has 8 heterocycles. The molecule has 6 aromatic rings. The molecule has 65 heavy (non-hydrogen) atoms. The number of halogens is 2. The number of aromatic carboxylic acids is 1. The third kappa shape index (κ3) is 11.5. The molecule has 0 spiro atoms. The number of hydrogen-bond acceptors (Lipinski definition) is 11. The molecular formula is C50H54F2N8O5. The van der Waals surface area contributed by atoms with Crippen molar-refractivity contribution >= 4 is 11.9 Å². The molecule has 2 aromatic carbocycles. The number of rotatable bonds is 10. The molecule has 0 saturated carbocycles. The SMILES string of the molecule is Cc1ccc(-c2ncccn2)c(C(=O)N2C3CC[C@H]2CC[C@H]3COc2ccccn2)c1.Cc1ccc(-c2ncccn2)c(C(=O)O)c1.F.Fc1ccc(OC[C@@H]2CC[C@@H]3CCC2N3)nc1. The number of aromatic nitrogens is 6. The summed E-state index contributed by atoms with van der Waals surface area (Å²) >= 11 is 0. The van der Waals surface area contributed by atoms with Crippen LogP contribution in [-0.2, 0) is 0 Å². The molecule has 4 saturated heterocycles. The molecule has 2 unspecified atom stereocenters. The van der Waals surface area contributed by atoms with E-state index in [0.29, 0.717) is 71.7 Å². The summed E-state index contributed by atoms with van der Waals surface area (Å²) in [6.07, 6.45) is 18.8. The van der Waals surface area contributed by atoms with Gasteiger partial charge >= 0.3 is 5.97 Å². The van der Waals surface area contributed by atoms with Crippen molar-refractivity contribution in [2.45, 2.75) is 89.4 Å². The summed E-state index contributed by atoms with van der Waals surface area (Å²) in [5, 5.41) is 12.7. The van der Waals surface area contributed by atoms with Crippen LogP contribution in [0.5, 0.6) is 11.8 Å². The van der Waals surface area contributed by atoms with E-state index in [-0.39, 0.29) is 28.0 Å². The van der Waals surface area contributed by atoms with E-state index in [1.54, 1.807) is 61.3 Å². The van der Waals surface area contributed by atoms with Gasteiger partial charge in [-0.3, -0.25) is 9.50 Å². The number of carboxylic acid groups (broad SMARTS) is 1. The number of ether oxygens (including phenoxy) is 2. The molecule has 4 aromatic heterocycles. The van der Waals surface area contributed by atoms with Gasteiger partial charge in [0.1, 0.15) is 5.82 Å². The lowest BCUT2D eigenvalue weighted by Crippen LogP contribution is -2.49. The monoisotopic (exact) mass is 884 g/mol. The van der Waals surface area contributed by atoms with Crippen LogP contribution in [0.2, 0.25) is 0 Å². The van der Waals surface area contributed by atoms with E-state index in [9.17, 15) is 14.0 Å². The minimum absolute atomic E-state index is 0. The minimum Gasteiger partial charge on any atom is -0.478 e. The zero-order valence-electron chi connectivity index (χ0n) is 36.5. The predicted octanol–water partition coefficient (Wildman–Crippen LogP) is 8.74. The van der Waals surface area contributed by atoms with Crippen LogP contribution in [-0.4, -0.2) is 89.2 Å². The Morgan fingerprint density at radius 2 is 1.25 bits per heavy atom. The quantitative estimate of drug-likeness (QED) is 0.135. The number of benzene rings is 2. The highest BCUT2D eigenvalue weighted by Gasteiger charge is 2.45. The number of piperidine rings is 2. The smallest absolute Gasteiger partial charge is 0.336 e. The zero-order valence-corrected chi connectivity index (χ0v) is 36.5. The highest BCUT2D eigenvalue weighted by Crippen LogP contribution is 2.41. The molecule has 4 aliphatic heterocycles. The lowest BCUT2D eigenvalue weighted by Gasteiger charge is -2.40. The van der Waals surface area contributed by atoms with Crippen molar-refractivity contribution in [3.63, 3.8) is 0 Å². The second-order valence-electron chi connectivity index (χ2n) is 16.9. The Kier molecular flexibility index (Phi) is 15.5. The summed E-state index contributed by atoms with van der Waals surface area (Å²) in [6, 6.07) is 25.1. The Bertz CT molecular complexity index is 2490. The highest BCUT2D eigenvalue weighted by molar-refractivity contribution is 6.01. The molecule has 4 fully saturated rings. The van der Waals surface area contributed by atoms with Crippen LogP contribution in [0.25, 0.3) is 22.8 Å². The molecule has 4 aliphatic rings. The lowest BCUT2D eigenvalue weighted by molar-refractivity contribution is 0.0403. The van der Waals surface area contributed by atoms with Gasteiger partial charge in [-0.15, -0.1) is 0 Å². The van der Waals surface area contributed by atoms with Crippen LogP contribution in [0.4, 0.5) is 9.09 Å². The first-order valence-electron chi connectivity index (χ1n) is 22.1. The number of nitrogens with zero attached hydrogens (tertiary/aromatic N) is 7. The first kappa shape index (κ1) is 46.3. The fraction of sp³-hybridized carbons (Fsp3) is 0.360. The van der Waals surface area contributed by atoms with Crippen molar-refractivity contribution in [1.82, 2.24) is 40.1 Å². The molecule has 10 rings (SSSR count). The summed E-state index contributed by atoms with van der Waals surface area (Å²) in [4.78, 5) is 52.1. The lowest BCUT2D eigenvalue weighted by atomic mass is 9.89. The van der Waals surface area contributed by atoms with Crippen LogP contribution < -0.4 is 14.8 Å². The molecule has 13 nitrogen and oxygen atoms in total. The van der Waals surface area contributed by atoms with Gasteiger partial charge in [-0.1, -0.05) is 41.5 Å². The summed E-state index contributed by atoms with van der Waals surface area (Å²) in [5.41, 5.74) is 4.21. The number of carboxylic acids is 1. The third-order valence-electron chi connectivity index (χ3n) is 12.6.